The Kier molecular flexibility index (Phi) is 11.5. The molecule has 0 aromatic rings. The molecule has 0 bridgehead atoms. The molecule has 1 rings (SSSR count). The molecule has 0 amide bonds. The van der Waals surface area contributed by atoms with E-state index in [2.05, 4.69) is 29.5 Å². The summed E-state index contributed by atoms with van der Waals surface area (Å²) in [7, 11) is -1.19. The lowest BCUT2D eigenvalue weighted by Gasteiger charge is -2.43. The van der Waals surface area contributed by atoms with E-state index < -0.39 is 9.84 Å². The third kappa shape index (κ3) is 10.0. The van der Waals surface area contributed by atoms with E-state index in [-0.39, 0.29) is 36.3 Å². The van der Waals surface area contributed by atoms with Gasteiger partial charge in [0.05, 0.1) is 19.0 Å². The predicted molar refractivity (Wildman–Crippen MR) is 111 cm³/mol. The van der Waals surface area contributed by atoms with Crippen molar-refractivity contribution < 1.29 is 13.2 Å². The number of nitrogens with zero attached hydrogens (tertiary/aromatic N) is 1. The van der Waals surface area contributed by atoms with Gasteiger partial charge in [0, 0.05) is 26.4 Å². The lowest BCUT2D eigenvalue weighted by Crippen LogP contribution is -2.47. The van der Waals surface area contributed by atoms with Crippen LogP contribution < -0.4 is 10.6 Å². The highest BCUT2D eigenvalue weighted by molar-refractivity contribution is 14.0. The summed E-state index contributed by atoms with van der Waals surface area (Å²) in [4.78, 5) is 4.23. The molecule has 0 spiro atoms. The molecule has 144 valence electrons. The van der Waals surface area contributed by atoms with Crippen molar-refractivity contribution in [3.8, 4) is 0 Å². The van der Waals surface area contributed by atoms with E-state index >= 15 is 0 Å². The zero-order valence-electron chi connectivity index (χ0n) is 15.4. The number of hydrogen-bond acceptors (Lipinski definition) is 4. The maximum absolute atomic E-state index is 11.0. The van der Waals surface area contributed by atoms with E-state index in [1.165, 1.54) is 31.9 Å². The predicted octanol–water partition coefficient (Wildman–Crippen LogP) is 2.05. The van der Waals surface area contributed by atoms with Crippen molar-refractivity contribution >= 4 is 39.8 Å². The quantitative estimate of drug-likeness (QED) is 0.219. The summed E-state index contributed by atoms with van der Waals surface area (Å²) in [5.74, 6) is 1.57. The number of nitrogens with one attached hydrogen (secondary N) is 2. The van der Waals surface area contributed by atoms with Crippen molar-refractivity contribution in [2.24, 2.45) is 16.3 Å². The Morgan fingerprint density at radius 2 is 1.92 bits per heavy atom. The molecular weight excluding hydrogens is 441 g/mol. The van der Waals surface area contributed by atoms with Gasteiger partial charge in [0.15, 0.2) is 5.96 Å². The fourth-order valence-electron chi connectivity index (χ4n) is 3.04. The highest BCUT2D eigenvalue weighted by Gasteiger charge is 2.37. The maximum atomic E-state index is 11.0. The van der Waals surface area contributed by atoms with Crippen LogP contribution in [0.3, 0.4) is 0 Å². The summed E-state index contributed by atoms with van der Waals surface area (Å²) < 4.78 is 27.3. The number of guanidine groups is 1. The fourth-order valence-corrected chi connectivity index (χ4v) is 3.46. The Balaban J connectivity index is 0.00000529. The van der Waals surface area contributed by atoms with Crippen LogP contribution in [-0.4, -0.2) is 59.7 Å². The highest BCUT2D eigenvalue weighted by Crippen LogP contribution is 2.45. The SMILES string of the molecule is CN=C(NCCOCCS(C)(=O)=O)NCC1(CC(C)C)CCC1.I. The van der Waals surface area contributed by atoms with Crippen LogP contribution in [0.25, 0.3) is 0 Å². The average Bonchev–Trinajstić information content (AvgIpc) is 2.40. The minimum atomic E-state index is -2.95. The van der Waals surface area contributed by atoms with Crippen molar-refractivity contribution in [2.75, 3.05) is 45.4 Å². The third-order valence-electron chi connectivity index (χ3n) is 4.25. The van der Waals surface area contributed by atoms with Crippen LogP contribution in [0.1, 0.15) is 39.5 Å². The largest absolute Gasteiger partial charge is 0.379 e. The summed E-state index contributed by atoms with van der Waals surface area (Å²) in [5, 5.41) is 6.63. The van der Waals surface area contributed by atoms with Gasteiger partial charge in [0.2, 0.25) is 0 Å². The molecule has 0 aliphatic heterocycles. The molecule has 24 heavy (non-hydrogen) atoms. The van der Waals surface area contributed by atoms with Crippen molar-refractivity contribution in [3.63, 3.8) is 0 Å². The number of sulfone groups is 1. The van der Waals surface area contributed by atoms with E-state index in [1.807, 2.05) is 0 Å². The van der Waals surface area contributed by atoms with Gasteiger partial charge in [-0.3, -0.25) is 4.99 Å². The summed E-state index contributed by atoms with van der Waals surface area (Å²) in [6.07, 6.45) is 6.39. The van der Waals surface area contributed by atoms with Gasteiger partial charge in [0.25, 0.3) is 0 Å². The van der Waals surface area contributed by atoms with Crippen LogP contribution in [-0.2, 0) is 14.6 Å². The second-order valence-corrected chi connectivity index (χ2v) is 9.31. The van der Waals surface area contributed by atoms with Crippen LogP contribution in [0.4, 0.5) is 0 Å². The molecule has 0 aromatic carbocycles. The monoisotopic (exact) mass is 475 g/mol. The zero-order valence-corrected chi connectivity index (χ0v) is 18.6. The molecule has 0 atom stereocenters. The van der Waals surface area contributed by atoms with E-state index in [0.29, 0.717) is 18.6 Å². The number of ether oxygens (including phenoxy) is 1. The second kappa shape index (κ2) is 11.5. The molecular formula is C16H34IN3O3S. The van der Waals surface area contributed by atoms with Crippen molar-refractivity contribution in [1.29, 1.82) is 0 Å². The molecule has 0 radical (unpaired) electrons. The molecule has 0 heterocycles. The second-order valence-electron chi connectivity index (χ2n) is 7.05. The average molecular weight is 475 g/mol. The first-order valence-corrected chi connectivity index (χ1v) is 10.5. The number of rotatable bonds is 10. The normalized spacial score (nSPS) is 17.1. The molecule has 2 N–H and O–H groups in total. The first-order chi connectivity index (χ1) is 10.8. The molecule has 0 aromatic heterocycles. The Bertz CT molecular complexity index is 477. The first kappa shape index (κ1) is 23.9. The lowest BCUT2D eigenvalue weighted by atomic mass is 9.64. The summed E-state index contributed by atoms with van der Waals surface area (Å²) in [5.41, 5.74) is 0.428. The van der Waals surface area contributed by atoms with Gasteiger partial charge in [-0.2, -0.15) is 0 Å². The molecule has 1 aliphatic rings. The Morgan fingerprint density at radius 1 is 1.25 bits per heavy atom. The van der Waals surface area contributed by atoms with E-state index in [9.17, 15) is 8.42 Å². The van der Waals surface area contributed by atoms with Crippen molar-refractivity contribution in [3.05, 3.63) is 0 Å². The highest BCUT2D eigenvalue weighted by atomic mass is 127. The van der Waals surface area contributed by atoms with Gasteiger partial charge < -0.3 is 15.4 Å². The standard InChI is InChI=1S/C16H33N3O3S.HI/c1-14(2)12-16(6-5-7-16)13-19-15(17-3)18-8-9-22-10-11-23(4,20)21;/h14H,5-13H2,1-4H3,(H2,17,18,19);1H. The molecule has 1 fully saturated rings. The van der Waals surface area contributed by atoms with Gasteiger partial charge >= 0.3 is 0 Å². The fraction of sp³-hybridized carbons (Fsp3) is 0.938. The number of hydrogen-bond donors (Lipinski definition) is 2. The zero-order chi connectivity index (χ0) is 17.3. The molecule has 1 saturated carbocycles. The van der Waals surface area contributed by atoms with Crippen molar-refractivity contribution in [2.45, 2.75) is 39.5 Å². The molecule has 1 aliphatic carbocycles. The molecule has 0 saturated heterocycles. The van der Waals surface area contributed by atoms with Crippen LogP contribution in [0.5, 0.6) is 0 Å². The molecule has 8 heteroatoms. The summed E-state index contributed by atoms with van der Waals surface area (Å²) in [6, 6.07) is 0. The van der Waals surface area contributed by atoms with Crippen LogP contribution in [0, 0.1) is 11.3 Å². The van der Waals surface area contributed by atoms with Gasteiger partial charge in [-0.25, -0.2) is 8.42 Å². The topological polar surface area (TPSA) is 79.8 Å². The third-order valence-corrected chi connectivity index (χ3v) is 5.16. The van der Waals surface area contributed by atoms with Crippen LogP contribution >= 0.6 is 24.0 Å². The summed E-state index contributed by atoms with van der Waals surface area (Å²) >= 11 is 0. The molecule has 6 nitrogen and oxygen atoms in total. The Morgan fingerprint density at radius 3 is 2.38 bits per heavy atom. The lowest BCUT2D eigenvalue weighted by molar-refractivity contribution is 0.104. The Hall–Kier alpha value is -0.0900. The summed E-state index contributed by atoms with van der Waals surface area (Å²) in [6.45, 7) is 6.83. The van der Waals surface area contributed by atoms with Crippen LogP contribution in [0.2, 0.25) is 0 Å². The van der Waals surface area contributed by atoms with E-state index in [0.717, 1.165) is 18.4 Å². The van der Waals surface area contributed by atoms with E-state index in [1.54, 1.807) is 7.05 Å². The first-order valence-electron chi connectivity index (χ1n) is 8.46. The van der Waals surface area contributed by atoms with Gasteiger partial charge in [-0.05, 0) is 30.6 Å². The minimum Gasteiger partial charge on any atom is -0.379 e. The minimum absolute atomic E-state index is 0. The van der Waals surface area contributed by atoms with Crippen molar-refractivity contribution in [1.82, 2.24) is 10.6 Å². The number of aliphatic imine (C=N–C) groups is 1. The number of halogens is 1. The Labute approximate surface area is 164 Å². The smallest absolute Gasteiger partial charge is 0.191 e. The van der Waals surface area contributed by atoms with Gasteiger partial charge in [0.1, 0.15) is 9.84 Å². The van der Waals surface area contributed by atoms with Gasteiger partial charge in [-0.15, -0.1) is 24.0 Å². The van der Waals surface area contributed by atoms with E-state index in [4.69, 9.17) is 4.74 Å². The molecule has 0 unspecified atom stereocenters. The maximum Gasteiger partial charge on any atom is 0.191 e. The van der Waals surface area contributed by atoms with Gasteiger partial charge in [-0.1, -0.05) is 20.3 Å². The van der Waals surface area contributed by atoms with Crippen LogP contribution in [0.15, 0.2) is 4.99 Å².